The molecule has 1 heterocycles. The zero-order valence-corrected chi connectivity index (χ0v) is 13.6. The Kier molecular flexibility index (Phi) is 4.61. The molecule has 0 saturated heterocycles. The first kappa shape index (κ1) is 16.2. The van der Waals surface area contributed by atoms with Crippen molar-refractivity contribution in [2.45, 2.75) is 17.3 Å². The third-order valence-electron chi connectivity index (χ3n) is 3.36. The van der Waals surface area contributed by atoms with E-state index in [-0.39, 0.29) is 17.3 Å². The lowest BCUT2D eigenvalue weighted by atomic mass is 10.2. The molecular weight excluding hydrogens is 329 g/mol. The zero-order valence-electron chi connectivity index (χ0n) is 12.7. The number of para-hydroxylation sites is 1. The van der Waals surface area contributed by atoms with Gasteiger partial charge in [0.25, 0.3) is 5.56 Å². The van der Waals surface area contributed by atoms with E-state index in [0.717, 1.165) is 11.8 Å². The molecule has 0 bridgehead atoms. The summed E-state index contributed by atoms with van der Waals surface area (Å²) < 4.78 is 12.9. The van der Waals surface area contributed by atoms with Crippen LogP contribution in [0.5, 0.6) is 0 Å². The number of thioether (sulfide) groups is 1. The fraction of sp³-hybridized carbons (Fsp3) is 0.118. The monoisotopic (exact) mass is 343 g/mol. The van der Waals surface area contributed by atoms with Crippen LogP contribution in [0.25, 0.3) is 10.9 Å². The average Bonchev–Trinajstić information content (AvgIpc) is 2.57. The highest BCUT2D eigenvalue weighted by Gasteiger charge is 2.16. The molecule has 1 aromatic heterocycles. The molecule has 2 N–H and O–H groups in total. The fourth-order valence-electron chi connectivity index (χ4n) is 2.12. The molecule has 0 aliphatic heterocycles. The summed E-state index contributed by atoms with van der Waals surface area (Å²) in [5.74, 6) is -0.629. The summed E-state index contributed by atoms with van der Waals surface area (Å²) in [6, 6.07) is 12.5. The number of benzene rings is 2. The summed E-state index contributed by atoms with van der Waals surface area (Å²) in [5, 5.41) is 3.09. The maximum atomic E-state index is 12.9. The van der Waals surface area contributed by atoms with Crippen LogP contribution < -0.4 is 10.9 Å². The van der Waals surface area contributed by atoms with Crippen molar-refractivity contribution in [2.24, 2.45) is 0 Å². The van der Waals surface area contributed by atoms with Gasteiger partial charge in [0.1, 0.15) is 5.82 Å². The van der Waals surface area contributed by atoms with Gasteiger partial charge in [-0.2, -0.15) is 0 Å². The Morgan fingerprint density at radius 3 is 2.67 bits per heavy atom. The smallest absolute Gasteiger partial charge is 0.259 e. The van der Waals surface area contributed by atoms with E-state index in [2.05, 4.69) is 15.3 Å². The van der Waals surface area contributed by atoms with Gasteiger partial charge in [-0.1, -0.05) is 23.9 Å². The molecule has 2 aromatic carbocycles. The number of carbonyl (C=O) groups is 1. The second kappa shape index (κ2) is 6.84. The predicted octanol–water partition coefficient (Wildman–Crippen LogP) is 3.18. The number of H-pyrrole nitrogens is 1. The standard InChI is InChI=1S/C17H14FN3O2S/c1-10(15(22)19-12-8-6-11(18)7-9-12)24-17-20-14-5-3-2-4-13(14)16(23)21-17/h2-10H,1H3,(H,19,22)(H,20,21,23)/t10-/m1/s1. The molecule has 0 saturated carbocycles. The largest absolute Gasteiger partial charge is 0.325 e. The first-order valence-electron chi connectivity index (χ1n) is 7.25. The predicted molar refractivity (Wildman–Crippen MR) is 92.7 cm³/mol. The summed E-state index contributed by atoms with van der Waals surface area (Å²) in [7, 11) is 0. The molecule has 3 rings (SSSR count). The van der Waals surface area contributed by atoms with Crippen LogP contribution in [0.1, 0.15) is 6.92 Å². The van der Waals surface area contributed by atoms with Crippen LogP contribution in [0.4, 0.5) is 10.1 Å². The number of nitrogens with one attached hydrogen (secondary N) is 2. The molecule has 0 fully saturated rings. The molecule has 0 unspecified atom stereocenters. The van der Waals surface area contributed by atoms with E-state index in [0.29, 0.717) is 21.7 Å². The van der Waals surface area contributed by atoms with Crippen molar-refractivity contribution < 1.29 is 9.18 Å². The van der Waals surface area contributed by atoms with Crippen molar-refractivity contribution in [3.63, 3.8) is 0 Å². The highest BCUT2D eigenvalue weighted by atomic mass is 32.2. The summed E-state index contributed by atoms with van der Waals surface area (Å²) in [4.78, 5) is 31.3. The molecule has 0 radical (unpaired) electrons. The van der Waals surface area contributed by atoms with Crippen molar-refractivity contribution in [1.82, 2.24) is 9.97 Å². The van der Waals surface area contributed by atoms with Gasteiger partial charge in [0.05, 0.1) is 16.2 Å². The van der Waals surface area contributed by atoms with Crippen molar-refractivity contribution in [3.8, 4) is 0 Å². The Morgan fingerprint density at radius 1 is 1.21 bits per heavy atom. The number of rotatable bonds is 4. The fourth-order valence-corrected chi connectivity index (χ4v) is 2.92. The first-order chi connectivity index (χ1) is 11.5. The van der Waals surface area contributed by atoms with Gasteiger partial charge in [-0.05, 0) is 43.3 Å². The Bertz CT molecular complexity index is 940. The van der Waals surface area contributed by atoms with Gasteiger partial charge in [0.15, 0.2) is 5.16 Å². The third kappa shape index (κ3) is 3.62. The van der Waals surface area contributed by atoms with Crippen LogP contribution in [0.3, 0.4) is 0 Å². The van der Waals surface area contributed by atoms with E-state index >= 15 is 0 Å². The Balaban J connectivity index is 1.74. The summed E-state index contributed by atoms with van der Waals surface area (Å²) >= 11 is 1.15. The third-order valence-corrected chi connectivity index (χ3v) is 4.34. The normalized spacial score (nSPS) is 12.1. The van der Waals surface area contributed by atoms with E-state index in [1.165, 1.54) is 24.3 Å². The van der Waals surface area contributed by atoms with Gasteiger partial charge in [-0.25, -0.2) is 9.37 Å². The van der Waals surface area contributed by atoms with Gasteiger partial charge in [0, 0.05) is 5.69 Å². The van der Waals surface area contributed by atoms with Crippen LogP contribution in [-0.4, -0.2) is 21.1 Å². The van der Waals surface area contributed by atoms with E-state index < -0.39 is 5.25 Å². The van der Waals surface area contributed by atoms with Gasteiger partial charge >= 0.3 is 0 Å². The molecule has 0 aliphatic carbocycles. The number of halogens is 1. The lowest BCUT2D eigenvalue weighted by molar-refractivity contribution is -0.115. The van der Waals surface area contributed by atoms with E-state index in [1.54, 1.807) is 31.2 Å². The maximum absolute atomic E-state index is 12.9. The van der Waals surface area contributed by atoms with Gasteiger partial charge < -0.3 is 10.3 Å². The molecule has 0 spiro atoms. The van der Waals surface area contributed by atoms with E-state index in [4.69, 9.17) is 0 Å². The van der Waals surface area contributed by atoms with Crippen molar-refractivity contribution >= 4 is 34.3 Å². The van der Waals surface area contributed by atoms with Crippen molar-refractivity contribution in [1.29, 1.82) is 0 Å². The highest BCUT2D eigenvalue weighted by molar-refractivity contribution is 8.00. The van der Waals surface area contributed by atoms with E-state index in [1.807, 2.05) is 0 Å². The van der Waals surface area contributed by atoms with Crippen LogP contribution in [0.2, 0.25) is 0 Å². The number of carbonyl (C=O) groups excluding carboxylic acids is 1. The minimum Gasteiger partial charge on any atom is -0.325 e. The first-order valence-corrected chi connectivity index (χ1v) is 8.13. The summed E-state index contributed by atoms with van der Waals surface area (Å²) in [6.07, 6.45) is 0. The minimum atomic E-state index is -0.487. The number of aromatic nitrogens is 2. The average molecular weight is 343 g/mol. The SMILES string of the molecule is C[C@@H](Sc1nc2ccccc2c(=O)[nH]1)C(=O)Nc1ccc(F)cc1. The highest BCUT2D eigenvalue weighted by Crippen LogP contribution is 2.21. The molecule has 0 aliphatic rings. The molecule has 5 nitrogen and oxygen atoms in total. The maximum Gasteiger partial charge on any atom is 0.259 e. The van der Waals surface area contributed by atoms with Crippen molar-refractivity contribution in [3.05, 3.63) is 64.7 Å². The molecule has 122 valence electrons. The second-order valence-electron chi connectivity index (χ2n) is 5.14. The lowest BCUT2D eigenvalue weighted by Crippen LogP contribution is -2.23. The molecule has 1 atom stereocenters. The summed E-state index contributed by atoms with van der Waals surface area (Å²) in [6.45, 7) is 1.71. The van der Waals surface area contributed by atoms with Gasteiger partial charge in [-0.15, -0.1) is 0 Å². The molecule has 7 heteroatoms. The van der Waals surface area contributed by atoms with Gasteiger partial charge in [-0.3, -0.25) is 9.59 Å². The Hall–Kier alpha value is -2.67. The van der Waals surface area contributed by atoms with Crippen LogP contribution in [0.15, 0.2) is 58.5 Å². The number of hydrogen-bond donors (Lipinski definition) is 2. The summed E-state index contributed by atoms with van der Waals surface area (Å²) in [5.41, 5.74) is 0.845. The van der Waals surface area contributed by atoms with Gasteiger partial charge in [0.2, 0.25) is 5.91 Å². The number of amides is 1. The molecular formula is C17H14FN3O2S. The second-order valence-corrected chi connectivity index (χ2v) is 6.47. The van der Waals surface area contributed by atoms with Crippen molar-refractivity contribution in [2.75, 3.05) is 5.32 Å². The Morgan fingerprint density at radius 2 is 1.92 bits per heavy atom. The number of fused-ring (bicyclic) bond motifs is 1. The molecule has 3 aromatic rings. The number of anilines is 1. The minimum absolute atomic E-state index is 0.241. The number of nitrogens with zero attached hydrogens (tertiary/aromatic N) is 1. The van der Waals surface area contributed by atoms with Crippen LogP contribution >= 0.6 is 11.8 Å². The van der Waals surface area contributed by atoms with E-state index in [9.17, 15) is 14.0 Å². The van der Waals surface area contributed by atoms with Crippen LogP contribution in [0, 0.1) is 5.82 Å². The lowest BCUT2D eigenvalue weighted by Gasteiger charge is -2.11. The van der Waals surface area contributed by atoms with Crippen LogP contribution in [-0.2, 0) is 4.79 Å². The Labute approximate surface area is 141 Å². The number of hydrogen-bond acceptors (Lipinski definition) is 4. The topological polar surface area (TPSA) is 74.8 Å². The molecule has 1 amide bonds. The molecule has 24 heavy (non-hydrogen) atoms. The number of aromatic amines is 1. The zero-order chi connectivity index (χ0) is 17.1. The quantitative estimate of drug-likeness (QED) is 0.564.